The summed E-state index contributed by atoms with van der Waals surface area (Å²) in [4.78, 5) is 27.5. The Balaban J connectivity index is 1.75. The lowest BCUT2D eigenvalue weighted by Gasteiger charge is -2.39. The van der Waals surface area contributed by atoms with E-state index in [9.17, 15) is 14.2 Å². The molecular formula is C17H25FN3O8P. The fraction of sp³-hybridized carbons (Fsp3) is 0.706. The van der Waals surface area contributed by atoms with Gasteiger partial charge in [-0.3, -0.25) is 18.4 Å². The fourth-order valence-corrected chi connectivity index (χ4v) is 4.43. The maximum Gasteiger partial charge on any atom is 0.478 e. The monoisotopic (exact) mass is 449 g/mol. The van der Waals surface area contributed by atoms with Crippen molar-refractivity contribution in [2.24, 2.45) is 5.41 Å². The number of phosphoric acid groups is 1. The zero-order valence-corrected chi connectivity index (χ0v) is 18.0. The first-order valence-electron chi connectivity index (χ1n) is 9.32. The average molecular weight is 449 g/mol. The maximum atomic E-state index is 15.3. The van der Waals surface area contributed by atoms with Gasteiger partial charge in [0.1, 0.15) is 17.5 Å². The summed E-state index contributed by atoms with van der Waals surface area (Å²) in [5.41, 5.74) is 2.57. The molecule has 3 rings (SSSR count). The maximum absolute atomic E-state index is 15.3. The van der Waals surface area contributed by atoms with E-state index in [4.69, 9.17) is 28.8 Å². The number of esters is 1. The molecule has 0 aromatic carbocycles. The molecule has 0 spiro atoms. The Morgan fingerprint density at radius 3 is 2.80 bits per heavy atom. The highest BCUT2D eigenvalue weighted by Gasteiger charge is 2.62. The van der Waals surface area contributed by atoms with Gasteiger partial charge in [0.15, 0.2) is 12.4 Å². The molecule has 0 radical (unpaired) electrons. The summed E-state index contributed by atoms with van der Waals surface area (Å²) in [6.45, 7) is 5.62. The molecular weight excluding hydrogens is 424 g/mol. The number of alkyl halides is 1. The van der Waals surface area contributed by atoms with E-state index >= 15 is 4.39 Å². The third-order valence-corrected chi connectivity index (χ3v) is 6.23. The number of hydrogen-bond donors (Lipinski definition) is 1. The summed E-state index contributed by atoms with van der Waals surface area (Å²) in [5.74, 6) is -0.605. The van der Waals surface area contributed by atoms with E-state index in [1.54, 1.807) is 27.7 Å². The molecule has 13 heteroatoms. The van der Waals surface area contributed by atoms with Gasteiger partial charge in [0.25, 0.3) is 0 Å². The summed E-state index contributed by atoms with van der Waals surface area (Å²) in [7, 11) is -4.24. The van der Waals surface area contributed by atoms with Crippen molar-refractivity contribution in [1.29, 1.82) is 0 Å². The molecule has 3 heterocycles. The third-order valence-electron chi connectivity index (χ3n) is 4.88. The predicted molar refractivity (Wildman–Crippen MR) is 101 cm³/mol. The minimum absolute atomic E-state index is 0.0189. The zero-order chi connectivity index (χ0) is 22.3. The average Bonchev–Trinajstić information content (AvgIpc) is 2.94. The second-order valence-corrected chi connectivity index (χ2v) is 9.71. The number of aromatic nitrogens is 2. The first-order chi connectivity index (χ1) is 13.9. The molecule has 2 fully saturated rings. The van der Waals surface area contributed by atoms with Crippen molar-refractivity contribution in [3.63, 3.8) is 0 Å². The molecule has 11 nitrogen and oxygen atoms in total. The van der Waals surface area contributed by atoms with Crippen LogP contribution in [0.5, 0.6) is 0 Å². The lowest BCUT2D eigenvalue weighted by Crippen LogP contribution is -2.49. The van der Waals surface area contributed by atoms with Gasteiger partial charge in [-0.25, -0.2) is 18.3 Å². The Morgan fingerprint density at radius 1 is 1.50 bits per heavy atom. The zero-order valence-electron chi connectivity index (χ0n) is 17.1. The van der Waals surface area contributed by atoms with Crippen LogP contribution in [-0.2, 0) is 32.4 Å². The van der Waals surface area contributed by atoms with Gasteiger partial charge in [0.2, 0.25) is 6.79 Å². The number of ether oxygens (including phenoxy) is 2. The van der Waals surface area contributed by atoms with E-state index < -0.39 is 55.8 Å². The van der Waals surface area contributed by atoms with Crippen molar-refractivity contribution < 1.29 is 36.8 Å². The summed E-state index contributed by atoms with van der Waals surface area (Å²) >= 11 is 0. The Morgan fingerprint density at radius 2 is 2.20 bits per heavy atom. The van der Waals surface area contributed by atoms with E-state index in [1.165, 1.54) is 12.3 Å². The minimum atomic E-state index is -4.24. The van der Waals surface area contributed by atoms with Crippen molar-refractivity contribution in [3.05, 3.63) is 22.7 Å². The molecule has 2 N–H and O–H groups in total. The van der Waals surface area contributed by atoms with E-state index in [2.05, 4.69) is 4.98 Å². The quantitative estimate of drug-likeness (QED) is 0.403. The topological polar surface area (TPSA) is 141 Å². The first kappa shape index (κ1) is 22.8. The summed E-state index contributed by atoms with van der Waals surface area (Å²) < 4.78 is 55.3. The lowest BCUT2D eigenvalue weighted by atomic mass is 9.94. The van der Waals surface area contributed by atoms with Crippen LogP contribution in [0.2, 0.25) is 0 Å². The molecule has 0 aliphatic carbocycles. The SMILES string of the molecule is CC[C@@]12COP(=O)(OCOC(=O)C(C)(C)C)OC1[C@@H](F)[C@H](n1ccc(N)nc1=O)O2. The minimum Gasteiger partial charge on any atom is -0.437 e. The highest BCUT2D eigenvalue weighted by atomic mass is 31.2. The van der Waals surface area contributed by atoms with Crippen molar-refractivity contribution in [2.75, 3.05) is 19.1 Å². The molecule has 2 saturated heterocycles. The molecule has 168 valence electrons. The highest BCUT2D eigenvalue weighted by Crippen LogP contribution is 2.60. The molecule has 30 heavy (non-hydrogen) atoms. The molecule has 0 bridgehead atoms. The highest BCUT2D eigenvalue weighted by molar-refractivity contribution is 7.48. The Hall–Kier alpha value is -1.85. The summed E-state index contributed by atoms with van der Waals surface area (Å²) in [6, 6.07) is 1.33. The number of fused-ring (bicyclic) bond motifs is 1. The molecule has 2 aliphatic rings. The number of nitrogens with two attached hydrogens (primary N) is 1. The number of halogens is 1. The van der Waals surface area contributed by atoms with Crippen LogP contribution in [0.1, 0.15) is 40.3 Å². The van der Waals surface area contributed by atoms with E-state index in [-0.39, 0.29) is 18.8 Å². The molecule has 0 amide bonds. The second kappa shape index (κ2) is 8.01. The van der Waals surface area contributed by atoms with Gasteiger partial charge in [-0.2, -0.15) is 4.98 Å². The number of hydrogen-bond acceptors (Lipinski definition) is 10. The van der Waals surface area contributed by atoms with Crippen molar-refractivity contribution in [2.45, 2.75) is 58.2 Å². The third kappa shape index (κ3) is 4.28. The van der Waals surface area contributed by atoms with Crippen LogP contribution in [0.25, 0.3) is 0 Å². The molecule has 2 unspecified atom stereocenters. The fourth-order valence-electron chi connectivity index (χ4n) is 3.09. The number of rotatable bonds is 5. The van der Waals surface area contributed by atoms with Crippen LogP contribution < -0.4 is 11.4 Å². The summed E-state index contributed by atoms with van der Waals surface area (Å²) in [5, 5.41) is 0. The van der Waals surface area contributed by atoms with Crippen LogP contribution in [0.3, 0.4) is 0 Å². The van der Waals surface area contributed by atoms with Gasteiger partial charge in [-0.15, -0.1) is 0 Å². The number of phosphoric ester groups is 1. The summed E-state index contributed by atoms with van der Waals surface area (Å²) in [6.07, 6.45) is -3.12. The molecule has 1 aromatic heterocycles. The lowest BCUT2D eigenvalue weighted by molar-refractivity contribution is -0.167. The Kier molecular flexibility index (Phi) is 6.09. The number of carbonyl (C=O) groups is 1. The predicted octanol–water partition coefficient (Wildman–Crippen LogP) is 1.93. The van der Waals surface area contributed by atoms with Gasteiger partial charge >= 0.3 is 19.5 Å². The van der Waals surface area contributed by atoms with E-state index in [0.29, 0.717) is 0 Å². The van der Waals surface area contributed by atoms with Crippen LogP contribution in [0.15, 0.2) is 17.1 Å². The molecule has 0 saturated carbocycles. The van der Waals surface area contributed by atoms with E-state index in [0.717, 1.165) is 4.57 Å². The van der Waals surface area contributed by atoms with Gasteiger partial charge in [-0.1, -0.05) is 6.92 Å². The standard InChI is InChI=1S/C17H25FN3O8P/c1-5-17-8-26-30(24,27-9-25-14(22)16(2,3)4)29-12(17)11(18)13(28-17)21-7-6-10(19)20-15(21)23/h6-7,11-13H,5,8-9H2,1-4H3,(H2,19,20,23)/t11-,12?,13-,17-,30?/m1/s1. The van der Waals surface area contributed by atoms with Crippen molar-refractivity contribution in [3.8, 4) is 0 Å². The number of anilines is 1. The largest absolute Gasteiger partial charge is 0.478 e. The molecule has 5 atom stereocenters. The van der Waals surface area contributed by atoms with Gasteiger partial charge in [-0.05, 0) is 33.3 Å². The smallest absolute Gasteiger partial charge is 0.437 e. The van der Waals surface area contributed by atoms with E-state index in [1.807, 2.05) is 0 Å². The van der Waals surface area contributed by atoms with Crippen LogP contribution >= 0.6 is 7.82 Å². The Bertz CT molecular complexity index is 919. The molecule has 1 aromatic rings. The molecule has 2 aliphatic heterocycles. The van der Waals surface area contributed by atoms with Crippen molar-refractivity contribution >= 4 is 19.6 Å². The number of nitrogens with zero attached hydrogens (tertiary/aromatic N) is 2. The van der Waals surface area contributed by atoms with Gasteiger partial charge in [0.05, 0.1) is 12.0 Å². The van der Waals surface area contributed by atoms with Gasteiger partial charge < -0.3 is 15.2 Å². The second-order valence-electron chi connectivity index (χ2n) is 8.09. The van der Waals surface area contributed by atoms with Crippen LogP contribution in [-0.4, -0.2) is 46.8 Å². The first-order valence-corrected chi connectivity index (χ1v) is 10.8. The van der Waals surface area contributed by atoms with Crippen LogP contribution in [0, 0.1) is 5.41 Å². The van der Waals surface area contributed by atoms with Crippen molar-refractivity contribution in [1.82, 2.24) is 9.55 Å². The van der Waals surface area contributed by atoms with Crippen LogP contribution in [0.4, 0.5) is 10.2 Å². The number of carbonyl (C=O) groups excluding carboxylic acids is 1. The number of nitrogen functional groups attached to an aromatic ring is 1. The normalized spacial score (nSPS) is 33.8. The van der Waals surface area contributed by atoms with Gasteiger partial charge in [0, 0.05) is 6.20 Å². The Labute approximate surface area is 172 Å².